The minimum Gasteiger partial charge on any atom is -0.457 e. The summed E-state index contributed by atoms with van der Waals surface area (Å²) in [5, 5.41) is 3.63. The predicted molar refractivity (Wildman–Crippen MR) is 155 cm³/mol. The normalized spacial score (nSPS) is 14.3. The number of piperidine rings is 1. The number of amides is 2. The fraction of sp³-hybridized carbons (Fsp3) is 0.323. The Morgan fingerprint density at radius 2 is 1.88 bits per heavy atom. The Kier molecular flexibility index (Phi) is 8.91. The summed E-state index contributed by atoms with van der Waals surface area (Å²) in [6.07, 6.45) is 5.83. The molecule has 0 radical (unpaired) electrons. The lowest BCUT2D eigenvalue weighted by atomic mass is 9.89. The lowest BCUT2D eigenvalue weighted by Crippen LogP contribution is -2.33. The first kappa shape index (κ1) is 28.3. The highest BCUT2D eigenvalue weighted by Gasteiger charge is 2.21. The number of pyridine rings is 1. The van der Waals surface area contributed by atoms with Crippen LogP contribution in [-0.4, -0.2) is 59.8 Å². The molecule has 0 atom stereocenters. The molecule has 3 N–H and O–H groups in total. The molecule has 1 aliphatic heterocycles. The maximum atomic E-state index is 13.0. The summed E-state index contributed by atoms with van der Waals surface area (Å²) in [6, 6.07) is 15.9. The van der Waals surface area contributed by atoms with Gasteiger partial charge in [-0.25, -0.2) is 9.78 Å². The second kappa shape index (κ2) is 12.9. The number of likely N-dealkylation sites (tertiary alicyclic amines) is 1. The highest BCUT2D eigenvalue weighted by molar-refractivity contribution is 6.03. The van der Waals surface area contributed by atoms with Gasteiger partial charge < -0.3 is 25.4 Å². The van der Waals surface area contributed by atoms with Gasteiger partial charge >= 0.3 is 6.03 Å². The average Bonchev–Trinajstić information content (AvgIpc) is 3.40. The number of alkyl halides is 1. The third-order valence-corrected chi connectivity index (χ3v) is 7.45. The van der Waals surface area contributed by atoms with Crippen LogP contribution in [0.15, 0.2) is 67.0 Å². The molecule has 9 nitrogen and oxygen atoms in total. The van der Waals surface area contributed by atoms with Gasteiger partial charge in [-0.15, -0.1) is 0 Å². The van der Waals surface area contributed by atoms with Crippen molar-refractivity contribution >= 4 is 28.7 Å². The van der Waals surface area contributed by atoms with Gasteiger partial charge in [0.25, 0.3) is 5.91 Å². The molecule has 3 heterocycles. The maximum absolute atomic E-state index is 13.0. The van der Waals surface area contributed by atoms with E-state index in [1.165, 1.54) is 10.1 Å². The summed E-state index contributed by atoms with van der Waals surface area (Å²) in [5.74, 6) is 1.56. The predicted octanol–water partition coefficient (Wildman–Crippen LogP) is 5.69. The fourth-order valence-corrected chi connectivity index (χ4v) is 5.30. The van der Waals surface area contributed by atoms with Gasteiger partial charge in [0.1, 0.15) is 17.3 Å². The first-order valence-electron chi connectivity index (χ1n) is 13.7. The Hall–Kier alpha value is -4.28. The molecule has 5 rings (SSSR count). The largest absolute Gasteiger partial charge is 0.457 e. The number of rotatable bonds is 10. The second-order valence-electron chi connectivity index (χ2n) is 10.2. The number of halogens is 1. The quantitative estimate of drug-likeness (QED) is 0.258. The fourth-order valence-electron chi connectivity index (χ4n) is 5.30. The molecular formula is C31H34FN5O4. The molecular weight excluding hydrogens is 525 g/mol. The van der Waals surface area contributed by atoms with E-state index < -0.39 is 6.03 Å². The maximum Gasteiger partial charge on any atom is 0.323 e. The molecule has 0 spiro atoms. The summed E-state index contributed by atoms with van der Waals surface area (Å²) >= 11 is 0. The number of fused-ring (bicyclic) bond motifs is 1. The Morgan fingerprint density at radius 1 is 1.10 bits per heavy atom. The molecule has 1 saturated heterocycles. The van der Waals surface area contributed by atoms with Crippen LogP contribution >= 0.6 is 0 Å². The Bertz CT molecular complexity index is 1510. The Morgan fingerprint density at radius 3 is 2.59 bits per heavy atom. The van der Waals surface area contributed by atoms with Crippen molar-refractivity contribution in [2.24, 2.45) is 5.73 Å². The molecule has 1 fully saturated rings. The molecule has 2 amide bonds. The van der Waals surface area contributed by atoms with Gasteiger partial charge in [0.2, 0.25) is 0 Å². The topological polar surface area (TPSA) is 112 Å². The van der Waals surface area contributed by atoms with Crippen LogP contribution in [0.1, 0.15) is 46.7 Å². The van der Waals surface area contributed by atoms with E-state index in [0.29, 0.717) is 40.7 Å². The molecule has 41 heavy (non-hydrogen) atoms. The average molecular weight is 560 g/mol. The molecule has 2 aromatic heterocycles. The highest BCUT2D eigenvalue weighted by atomic mass is 19.1. The molecule has 2 aromatic carbocycles. The first-order valence-corrected chi connectivity index (χ1v) is 13.7. The smallest absolute Gasteiger partial charge is 0.323 e. The van der Waals surface area contributed by atoms with Crippen molar-refractivity contribution in [3.05, 3.63) is 83.7 Å². The van der Waals surface area contributed by atoms with Crippen molar-refractivity contribution < 1.29 is 23.5 Å². The minimum absolute atomic E-state index is 0.262. The van der Waals surface area contributed by atoms with Crippen molar-refractivity contribution in [1.82, 2.24) is 14.5 Å². The molecule has 1 aliphatic rings. The van der Waals surface area contributed by atoms with Crippen LogP contribution in [0.4, 0.5) is 15.0 Å². The van der Waals surface area contributed by atoms with Crippen LogP contribution < -0.4 is 15.8 Å². The SMILES string of the molecule is COCc1cc2c(ccn2C(N)=O)cc1Oc1ccnc(NC(=O)c2ccc(C3CCN(CCCF)CC3)cc2)c1. The van der Waals surface area contributed by atoms with E-state index in [1.807, 2.05) is 36.4 Å². The van der Waals surface area contributed by atoms with E-state index in [0.717, 1.165) is 43.4 Å². The number of carbonyl (C=O) groups excluding carboxylic acids is 2. The van der Waals surface area contributed by atoms with E-state index in [4.69, 9.17) is 15.2 Å². The number of methoxy groups -OCH3 is 1. The van der Waals surface area contributed by atoms with Gasteiger partial charge in [-0.1, -0.05) is 12.1 Å². The summed E-state index contributed by atoms with van der Waals surface area (Å²) in [7, 11) is 1.58. The molecule has 214 valence electrons. The summed E-state index contributed by atoms with van der Waals surface area (Å²) in [5.41, 5.74) is 8.62. The monoisotopic (exact) mass is 559 g/mol. The summed E-state index contributed by atoms with van der Waals surface area (Å²) in [6.45, 7) is 2.75. The van der Waals surface area contributed by atoms with Crippen molar-refractivity contribution in [3.63, 3.8) is 0 Å². The van der Waals surface area contributed by atoms with Crippen molar-refractivity contribution in [2.45, 2.75) is 31.8 Å². The van der Waals surface area contributed by atoms with E-state index in [2.05, 4.69) is 15.2 Å². The number of anilines is 1. The number of aromatic nitrogens is 2. The zero-order valence-electron chi connectivity index (χ0n) is 23.0. The molecule has 10 heteroatoms. The first-order chi connectivity index (χ1) is 19.9. The van der Waals surface area contributed by atoms with E-state index >= 15 is 0 Å². The number of ether oxygens (including phenoxy) is 2. The van der Waals surface area contributed by atoms with E-state index in [1.54, 1.807) is 37.7 Å². The summed E-state index contributed by atoms with van der Waals surface area (Å²) < 4.78 is 25.3. The van der Waals surface area contributed by atoms with E-state index in [-0.39, 0.29) is 19.2 Å². The van der Waals surface area contributed by atoms with Gasteiger partial charge in [-0.3, -0.25) is 13.8 Å². The van der Waals surface area contributed by atoms with Crippen LogP contribution in [0.25, 0.3) is 10.9 Å². The number of carbonyl (C=O) groups is 2. The van der Waals surface area contributed by atoms with Crippen LogP contribution in [0.3, 0.4) is 0 Å². The summed E-state index contributed by atoms with van der Waals surface area (Å²) in [4.78, 5) is 31.3. The Balaban J connectivity index is 1.24. The number of benzene rings is 2. The third-order valence-electron chi connectivity index (χ3n) is 7.45. The molecule has 0 bridgehead atoms. The van der Waals surface area contributed by atoms with Crippen LogP contribution in [0, 0.1) is 0 Å². The number of nitrogens with zero attached hydrogens (tertiary/aromatic N) is 3. The standard InChI is InChI=1S/C31H34FN5O4/c1-40-20-25-17-27-24(10-16-37(27)31(33)39)18-28(25)41-26-7-12-34-29(19-26)35-30(38)23-5-3-21(4-6-23)22-8-14-36(15-9-22)13-2-11-32/h3-7,10,12,16-19,22H,2,8-9,11,13-15,20H2,1H3,(H2,33,39)(H,34,35,38). The lowest BCUT2D eigenvalue weighted by molar-refractivity contribution is 0.102. The van der Waals surface area contributed by atoms with Gasteiger partial charge in [0.05, 0.1) is 18.8 Å². The number of hydrogen-bond acceptors (Lipinski definition) is 6. The number of primary amides is 1. The van der Waals surface area contributed by atoms with Gasteiger partial charge in [0, 0.05) is 48.6 Å². The Labute approximate surface area is 238 Å². The van der Waals surface area contributed by atoms with Gasteiger partial charge in [-0.2, -0.15) is 0 Å². The molecule has 0 unspecified atom stereocenters. The van der Waals surface area contributed by atoms with Gasteiger partial charge in [0.15, 0.2) is 0 Å². The van der Waals surface area contributed by atoms with Crippen molar-refractivity contribution in [2.75, 3.05) is 38.7 Å². The number of nitrogens with two attached hydrogens (primary N) is 1. The van der Waals surface area contributed by atoms with E-state index in [9.17, 15) is 14.0 Å². The molecule has 4 aromatic rings. The minimum atomic E-state index is -0.576. The highest BCUT2D eigenvalue weighted by Crippen LogP contribution is 2.32. The van der Waals surface area contributed by atoms with Crippen LogP contribution in [0.2, 0.25) is 0 Å². The zero-order chi connectivity index (χ0) is 28.8. The van der Waals surface area contributed by atoms with Gasteiger partial charge in [-0.05, 0) is 80.2 Å². The third kappa shape index (κ3) is 6.72. The number of hydrogen-bond donors (Lipinski definition) is 2. The number of nitrogens with one attached hydrogen (secondary N) is 1. The van der Waals surface area contributed by atoms with Crippen molar-refractivity contribution in [1.29, 1.82) is 0 Å². The lowest BCUT2D eigenvalue weighted by Gasteiger charge is -2.32. The van der Waals surface area contributed by atoms with Crippen molar-refractivity contribution in [3.8, 4) is 11.5 Å². The second-order valence-corrected chi connectivity index (χ2v) is 10.2. The van der Waals surface area contributed by atoms with Crippen LogP contribution in [0.5, 0.6) is 11.5 Å². The zero-order valence-corrected chi connectivity index (χ0v) is 23.0. The molecule has 0 aliphatic carbocycles. The van der Waals surface area contributed by atoms with Crippen LogP contribution in [-0.2, 0) is 11.3 Å². The molecule has 0 saturated carbocycles.